The van der Waals surface area contributed by atoms with E-state index in [-0.39, 0.29) is 29.8 Å². The number of ether oxygens (including phenoxy) is 1. The lowest BCUT2D eigenvalue weighted by atomic mass is 10.00. The number of amides is 1. The molecule has 1 unspecified atom stereocenters. The lowest BCUT2D eigenvalue weighted by molar-refractivity contribution is -0.143. The average Bonchev–Trinajstić information content (AvgIpc) is 3.60. The molecule has 0 spiro atoms. The smallest absolute Gasteiger partial charge is 0.431 e. The lowest BCUT2D eigenvalue weighted by Gasteiger charge is -2.28. The van der Waals surface area contributed by atoms with Crippen LogP contribution in [0.3, 0.4) is 0 Å². The van der Waals surface area contributed by atoms with Crippen LogP contribution in [-0.4, -0.2) is 35.1 Å². The first kappa shape index (κ1) is 25.8. The van der Waals surface area contributed by atoms with Crippen molar-refractivity contribution in [3.8, 4) is 11.1 Å². The molecule has 0 radical (unpaired) electrons. The molecule has 1 saturated carbocycles. The van der Waals surface area contributed by atoms with E-state index in [1.54, 1.807) is 54.6 Å². The van der Waals surface area contributed by atoms with E-state index in [1.165, 1.54) is 18.9 Å². The molecule has 0 saturated heterocycles. The van der Waals surface area contributed by atoms with Gasteiger partial charge in [-0.2, -0.15) is 13.2 Å². The molecule has 3 aromatic rings. The van der Waals surface area contributed by atoms with Crippen LogP contribution < -0.4 is 0 Å². The summed E-state index contributed by atoms with van der Waals surface area (Å²) in [5, 5.41) is 0.421. The second-order valence-corrected chi connectivity index (χ2v) is 9.49. The largest absolute Gasteiger partial charge is 0.444 e. The van der Waals surface area contributed by atoms with Crippen LogP contribution in [0.15, 0.2) is 54.6 Å². The summed E-state index contributed by atoms with van der Waals surface area (Å²) in [4.78, 5) is 26.3. The fourth-order valence-electron chi connectivity index (χ4n) is 4.53. The first-order valence-corrected chi connectivity index (χ1v) is 12.0. The summed E-state index contributed by atoms with van der Waals surface area (Å²) in [5.41, 5.74) is 0.125. The van der Waals surface area contributed by atoms with Gasteiger partial charge in [-0.15, -0.1) is 0 Å². The molecule has 0 N–H and O–H groups in total. The van der Waals surface area contributed by atoms with E-state index in [0.29, 0.717) is 28.5 Å². The summed E-state index contributed by atoms with van der Waals surface area (Å²) in [6.45, 7) is 1.47. The Kier molecular flexibility index (Phi) is 7.45. The highest BCUT2D eigenvalue weighted by molar-refractivity contribution is 6.30. The molecule has 190 valence electrons. The van der Waals surface area contributed by atoms with Crippen molar-refractivity contribution in [2.24, 2.45) is 5.92 Å². The van der Waals surface area contributed by atoms with Crippen LogP contribution in [0.25, 0.3) is 11.1 Å². The van der Waals surface area contributed by atoms with Gasteiger partial charge < -0.3 is 14.2 Å². The third kappa shape index (κ3) is 5.43. The topological polar surface area (TPSA) is 51.5 Å². The van der Waals surface area contributed by atoms with Crippen LogP contribution in [-0.2, 0) is 22.3 Å². The number of carbonyl (C=O) groups excluding carboxylic acids is 2. The molecule has 9 heteroatoms. The molecule has 1 amide bonds. The molecule has 2 aromatic carbocycles. The molecule has 1 atom stereocenters. The molecular weight excluding hydrogens is 493 g/mol. The number of benzene rings is 2. The van der Waals surface area contributed by atoms with Gasteiger partial charge in [0.2, 0.25) is 0 Å². The van der Waals surface area contributed by atoms with Gasteiger partial charge in [0.1, 0.15) is 11.4 Å². The van der Waals surface area contributed by atoms with Crippen molar-refractivity contribution in [1.29, 1.82) is 0 Å². The second-order valence-electron chi connectivity index (χ2n) is 9.06. The van der Waals surface area contributed by atoms with Crippen molar-refractivity contribution in [3.05, 3.63) is 82.1 Å². The number of hydrogen-bond donors (Lipinski definition) is 0. The molecule has 0 aliphatic heterocycles. The Bertz CT molecular complexity index is 1240. The van der Waals surface area contributed by atoms with Crippen LogP contribution in [0.5, 0.6) is 0 Å². The van der Waals surface area contributed by atoms with Gasteiger partial charge in [0, 0.05) is 30.6 Å². The van der Waals surface area contributed by atoms with Gasteiger partial charge in [-0.25, -0.2) is 0 Å². The van der Waals surface area contributed by atoms with Crippen LogP contribution in [0, 0.1) is 12.8 Å². The number of hydrogen-bond acceptors (Lipinski definition) is 3. The number of nitrogens with zero attached hydrogens (tertiary/aromatic N) is 2. The molecule has 1 aromatic heterocycles. The quantitative estimate of drug-likeness (QED) is 0.238. The fraction of sp³-hybridized carbons (Fsp3) is 0.333. The van der Waals surface area contributed by atoms with E-state index in [0.717, 1.165) is 17.4 Å². The zero-order valence-corrected chi connectivity index (χ0v) is 20.6. The van der Waals surface area contributed by atoms with Crippen LogP contribution in [0.4, 0.5) is 13.2 Å². The fourth-order valence-corrected chi connectivity index (χ4v) is 4.66. The number of carbonyl (C=O) groups is 2. The Morgan fingerprint density at radius 1 is 1.17 bits per heavy atom. The Hall–Kier alpha value is -3.26. The molecule has 4 rings (SSSR count). The summed E-state index contributed by atoms with van der Waals surface area (Å²) in [6.07, 6.45) is -3.25. The minimum atomic E-state index is -4.72. The first-order valence-electron chi connectivity index (χ1n) is 11.6. The molecule has 1 fully saturated rings. The van der Waals surface area contributed by atoms with Gasteiger partial charge in [-0.05, 0) is 54.5 Å². The summed E-state index contributed by atoms with van der Waals surface area (Å²) >= 11 is 6.03. The molecule has 36 heavy (non-hydrogen) atoms. The zero-order chi connectivity index (χ0) is 26.0. The summed E-state index contributed by atoms with van der Waals surface area (Å²) in [7, 11) is 1.45. The van der Waals surface area contributed by atoms with Gasteiger partial charge in [0.05, 0.1) is 0 Å². The van der Waals surface area contributed by atoms with E-state index >= 15 is 0 Å². The van der Waals surface area contributed by atoms with E-state index in [1.807, 2.05) is 0 Å². The molecule has 1 aliphatic carbocycles. The number of rotatable bonds is 9. The van der Waals surface area contributed by atoms with Crippen LogP contribution >= 0.6 is 11.6 Å². The highest BCUT2D eigenvalue weighted by atomic mass is 35.5. The van der Waals surface area contributed by atoms with E-state index in [2.05, 4.69) is 0 Å². The Balaban J connectivity index is 1.92. The maximum atomic E-state index is 14.5. The maximum absolute atomic E-state index is 14.5. The van der Waals surface area contributed by atoms with Gasteiger partial charge in [0.15, 0.2) is 6.23 Å². The van der Waals surface area contributed by atoms with Crippen molar-refractivity contribution < 1.29 is 27.5 Å². The average molecular weight is 519 g/mol. The molecule has 1 heterocycles. The summed E-state index contributed by atoms with van der Waals surface area (Å²) in [6, 6.07) is 15.0. The third-order valence-corrected chi connectivity index (χ3v) is 6.74. The number of halogens is 4. The van der Waals surface area contributed by atoms with Crippen LogP contribution in [0.1, 0.15) is 46.6 Å². The van der Waals surface area contributed by atoms with E-state index in [9.17, 15) is 22.8 Å². The van der Waals surface area contributed by atoms with Gasteiger partial charge >= 0.3 is 6.18 Å². The van der Waals surface area contributed by atoms with Gasteiger partial charge in [-0.3, -0.25) is 9.59 Å². The highest BCUT2D eigenvalue weighted by Gasteiger charge is 2.42. The standard InChI is InChI=1S/C27H26ClF3N2O3/c1-17-23(20-10-12-21(28)13-11-20)24(26(35)32(2)22(36-16-34)14-18-8-9-18)33(25(17)27(29,30)31)15-19-6-4-3-5-7-19/h3-7,10-13,16,18,22H,8-9,14-15H2,1-2H3. The summed E-state index contributed by atoms with van der Waals surface area (Å²) < 4.78 is 49.6. The normalized spacial score (nSPS) is 14.4. The number of alkyl halides is 3. The van der Waals surface area contributed by atoms with Crippen LogP contribution in [0.2, 0.25) is 5.02 Å². The van der Waals surface area contributed by atoms with Gasteiger partial charge in [0.25, 0.3) is 12.4 Å². The van der Waals surface area contributed by atoms with Crippen molar-refractivity contribution in [3.63, 3.8) is 0 Å². The SMILES string of the molecule is Cc1c(-c2ccc(Cl)cc2)c(C(=O)N(C)C(CC2CC2)OC=O)n(Cc2ccccc2)c1C(F)(F)F. The van der Waals surface area contributed by atoms with Gasteiger partial charge in [-0.1, -0.05) is 54.1 Å². The minimum absolute atomic E-state index is 0.0625. The van der Waals surface area contributed by atoms with E-state index < -0.39 is 24.0 Å². The molecular formula is C27H26ClF3N2O3. The molecule has 5 nitrogen and oxygen atoms in total. The highest BCUT2D eigenvalue weighted by Crippen LogP contribution is 2.42. The molecule has 1 aliphatic rings. The number of aromatic nitrogens is 1. The monoisotopic (exact) mass is 518 g/mol. The summed E-state index contributed by atoms with van der Waals surface area (Å²) in [5.74, 6) is -0.355. The predicted octanol–water partition coefficient (Wildman–Crippen LogP) is 6.56. The maximum Gasteiger partial charge on any atom is 0.431 e. The lowest BCUT2D eigenvalue weighted by Crippen LogP contribution is -2.40. The van der Waals surface area contributed by atoms with Crippen molar-refractivity contribution >= 4 is 24.0 Å². The third-order valence-electron chi connectivity index (χ3n) is 6.49. The Morgan fingerprint density at radius 2 is 1.81 bits per heavy atom. The Labute approximate surface area is 212 Å². The van der Waals surface area contributed by atoms with Crippen molar-refractivity contribution in [1.82, 2.24) is 9.47 Å². The predicted molar refractivity (Wildman–Crippen MR) is 131 cm³/mol. The molecule has 0 bridgehead atoms. The van der Waals surface area contributed by atoms with Crippen molar-refractivity contribution in [2.75, 3.05) is 7.05 Å². The van der Waals surface area contributed by atoms with Crippen molar-refractivity contribution in [2.45, 2.75) is 45.1 Å². The minimum Gasteiger partial charge on any atom is -0.444 e. The Morgan fingerprint density at radius 3 is 2.36 bits per heavy atom. The second kappa shape index (κ2) is 10.4. The zero-order valence-electron chi connectivity index (χ0n) is 19.9. The van der Waals surface area contributed by atoms with E-state index in [4.69, 9.17) is 16.3 Å². The first-order chi connectivity index (χ1) is 17.1.